The molecule has 0 spiro atoms. The van der Waals surface area contributed by atoms with Crippen molar-refractivity contribution < 1.29 is 4.74 Å². The molecular formula is C16H21NO. The summed E-state index contributed by atoms with van der Waals surface area (Å²) < 4.78 is 5.79. The lowest BCUT2D eigenvalue weighted by Gasteiger charge is -2.04. The van der Waals surface area contributed by atoms with Gasteiger partial charge < -0.3 is 10.1 Å². The van der Waals surface area contributed by atoms with E-state index in [1.54, 1.807) is 0 Å². The van der Waals surface area contributed by atoms with Crippen LogP contribution in [0.5, 0.6) is 5.75 Å². The number of hydrogen-bond donors (Lipinski definition) is 1. The summed E-state index contributed by atoms with van der Waals surface area (Å²) in [4.78, 5) is 0. The van der Waals surface area contributed by atoms with E-state index in [1.807, 2.05) is 6.07 Å². The van der Waals surface area contributed by atoms with E-state index in [1.165, 1.54) is 31.2 Å². The molecule has 2 heteroatoms. The molecule has 2 saturated carbocycles. The molecule has 2 fully saturated rings. The van der Waals surface area contributed by atoms with Gasteiger partial charge in [0.05, 0.1) is 6.10 Å². The van der Waals surface area contributed by atoms with Crippen LogP contribution in [0.3, 0.4) is 0 Å². The number of benzene rings is 1. The third kappa shape index (κ3) is 3.88. The van der Waals surface area contributed by atoms with Crippen LogP contribution in [-0.4, -0.2) is 18.7 Å². The van der Waals surface area contributed by atoms with Crippen molar-refractivity contribution in [3.8, 4) is 5.75 Å². The molecule has 96 valence electrons. The second-order valence-corrected chi connectivity index (χ2v) is 5.31. The maximum atomic E-state index is 5.79. The second kappa shape index (κ2) is 5.57. The van der Waals surface area contributed by atoms with Gasteiger partial charge in [-0.15, -0.1) is 0 Å². The van der Waals surface area contributed by atoms with E-state index in [0.29, 0.717) is 6.10 Å². The summed E-state index contributed by atoms with van der Waals surface area (Å²) in [6.07, 6.45) is 11.2. The van der Waals surface area contributed by atoms with E-state index < -0.39 is 0 Å². The maximum Gasteiger partial charge on any atom is 0.120 e. The van der Waals surface area contributed by atoms with Gasteiger partial charge in [0.1, 0.15) is 5.75 Å². The fraction of sp³-hybridized carbons (Fsp3) is 0.500. The average Bonchev–Trinajstić information content (AvgIpc) is 3.23. The molecular weight excluding hydrogens is 222 g/mol. The summed E-state index contributed by atoms with van der Waals surface area (Å²) in [5.41, 5.74) is 1.24. The minimum Gasteiger partial charge on any atom is -0.490 e. The zero-order valence-electron chi connectivity index (χ0n) is 10.8. The van der Waals surface area contributed by atoms with Crippen molar-refractivity contribution in [3.63, 3.8) is 0 Å². The van der Waals surface area contributed by atoms with Crippen LogP contribution in [0.25, 0.3) is 6.08 Å². The first-order chi connectivity index (χ1) is 8.90. The van der Waals surface area contributed by atoms with Gasteiger partial charge in [0.2, 0.25) is 0 Å². The minimum absolute atomic E-state index is 0.479. The zero-order chi connectivity index (χ0) is 12.2. The van der Waals surface area contributed by atoms with Gasteiger partial charge in [0, 0.05) is 6.04 Å². The Labute approximate surface area is 109 Å². The molecule has 0 radical (unpaired) electrons. The van der Waals surface area contributed by atoms with E-state index in [4.69, 9.17) is 4.74 Å². The molecule has 1 aromatic carbocycles. The number of hydrogen-bond acceptors (Lipinski definition) is 2. The topological polar surface area (TPSA) is 21.3 Å². The van der Waals surface area contributed by atoms with E-state index in [0.717, 1.165) is 24.8 Å². The molecule has 2 aliphatic rings. The number of rotatable bonds is 7. The van der Waals surface area contributed by atoms with Crippen LogP contribution < -0.4 is 10.1 Å². The lowest BCUT2D eigenvalue weighted by atomic mass is 10.2. The summed E-state index contributed by atoms with van der Waals surface area (Å²) >= 11 is 0. The highest BCUT2D eigenvalue weighted by atomic mass is 16.5. The third-order valence-corrected chi connectivity index (χ3v) is 3.32. The first kappa shape index (κ1) is 11.8. The van der Waals surface area contributed by atoms with Crippen LogP contribution in [0, 0.1) is 0 Å². The van der Waals surface area contributed by atoms with Crippen molar-refractivity contribution in [1.29, 1.82) is 0 Å². The van der Waals surface area contributed by atoms with Crippen molar-refractivity contribution in [3.05, 3.63) is 35.9 Å². The molecule has 18 heavy (non-hydrogen) atoms. The van der Waals surface area contributed by atoms with Gasteiger partial charge in [0.15, 0.2) is 0 Å². The Morgan fingerprint density at radius 2 is 2.11 bits per heavy atom. The molecule has 2 aliphatic carbocycles. The van der Waals surface area contributed by atoms with Gasteiger partial charge in [-0.2, -0.15) is 0 Å². The molecule has 3 rings (SSSR count). The Bertz CT molecular complexity index is 419. The summed E-state index contributed by atoms with van der Waals surface area (Å²) in [7, 11) is 0. The molecule has 0 atom stereocenters. The average molecular weight is 243 g/mol. The van der Waals surface area contributed by atoms with E-state index in [-0.39, 0.29) is 0 Å². The monoisotopic (exact) mass is 243 g/mol. The van der Waals surface area contributed by atoms with Gasteiger partial charge in [0.25, 0.3) is 0 Å². The Hall–Kier alpha value is -1.28. The lowest BCUT2D eigenvalue weighted by Crippen LogP contribution is -2.16. The molecule has 0 bridgehead atoms. The molecule has 2 nitrogen and oxygen atoms in total. The van der Waals surface area contributed by atoms with Crippen molar-refractivity contribution in [2.75, 3.05) is 6.54 Å². The van der Waals surface area contributed by atoms with Gasteiger partial charge in [-0.1, -0.05) is 24.3 Å². The van der Waals surface area contributed by atoms with Crippen molar-refractivity contribution >= 4 is 6.08 Å². The Morgan fingerprint density at radius 1 is 1.22 bits per heavy atom. The van der Waals surface area contributed by atoms with Crippen LogP contribution in [-0.2, 0) is 0 Å². The lowest BCUT2D eigenvalue weighted by molar-refractivity contribution is 0.303. The Kier molecular flexibility index (Phi) is 3.65. The molecule has 0 aliphatic heterocycles. The molecule has 0 saturated heterocycles. The molecule has 1 aromatic rings. The van der Waals surface area contributed by atoms with Crippen molar-refractivity contribution in [2.24, 2.45) is 0 Å². The first-order valence-corrected chi connectivity index (χ1v) is 7.07. The number of ether oxygens (including phenoxy) is 1. The largest absolute Gasteiger partial charge is 0.490 e. The van der Waals surface area contributed by atoms with Crippen molar-refractivity contribution in [2.45, 2.75) is 44.2 Å². The predicted molar refractivity (Wildman–Crippen MR) is 74.8 cm³/mol. The molecule has 0 heterocycles. The van der Waals surface area contributed by atoms with Gasteiger partial charge in [-0.25, -0.2) is 0 Å². The third-order valence-electron chi connectivity index (χ3n) is 3.32. The summed E-state index contributed by atoms with van der Waals surface area (Å²) in [5, 5.41) is 3.51. The highest BCUT2D eigenvalue weighted by Gasteiger charge is 2.23. The maximum absolute atomic E-state index is 5.79. The molecule has 0 amide bonds. The van der Waals surface area contributed by atoms with E-state index in [2.05, 4.69) is 35.7 Å². The Morgan fingerprint density at radius 3 is 2.89 bits per heavy atom. The van der Waals surface area contributed by atoms with E-state index >= 15 is 0 Å². The highest BCUT2D eigenvalue weighted by Crippen LogP contribution is 2.27. The standard InChI is InChI=1S/C16H21NO/c1(2-11-17-14-7-8-14)4-13-5-3-6-16(12-13)18-15-9-10-15/h1,3-6,12,14-15,17H,2,7-11H2/b4-1+. The quantitative estimate of drug-likeness (QED) is 0.741. The molecule has 0 aromatic heterocycles. The fourth-order valence-electron chi connectivity index (χ4n) is 1.95. The number of nitrogens with one attached hydrogen (secondary N) is 1. The van der Waals surface area contributed by atoms with Crippen LogP contribution in [0.1, 0.15) is 37.7 Å². The second-order valence-electron chi connectivity index (χ2n) is 5.31. The Balaban J connectivity index is 1.45. The zero-order valence-corrected chi connectivity index (χ0v) is 10.8. The van der Waals surface area contributed by atoms with Gasteiger partial charge >= 0.3 is 0 Å². The summed E-state index contributed by atoms with van der Waals surface area (Å²) in [5.74, 6) is 1.01. The molecule has 1 N–H and O–H groups in total. The SMILES string of the molecule is C(=C\c1cccc(OC2CC2)c1)/CCNC1CC1. The summed E-state index contributed by atoms with van der Waals surface area (Å²) in [6.45, 7) is 1.10. The predicted octanol–water partition coefficient (Wildman–Crippen LogP) is 3.38. The highest BCUT2D eigenvalue weighted by molar-refractivity contribution is 5.51. The fourth-order valence-corrected chi connectivity index (χ4v) is 1.95. The van der Waals surface area contributed by atoms with Gasteiger partial charge in [-0.05, 0) is 56.3 Å². The van der Waals surface area contributed by atoms with Gasteiger partial charge in [-0.3, -0.25) is 0 Å². The normalized spacial score (nSPS) is 19.3. The van der Waals surface area contributed by atoms with Crippen LogP contribution in [0.4, 0.5) is 0 Å². The summed E-state index contributed by atoms with van der Waals surface area (Å²) in [6, 6.07) is 9.19. The van der Waals surface area contributed by atoms with Crippen LogP contribution in [0.2, 0.25) is 0 Å². The first-order valence-electron chi connectivity index (χ1n) is 7.07. The van der Waals surface area contributed by atoms with Crippen molar-refractivity contribution in [1.82, 2.24) is 5.32 Å². The smallest absolute Gasteiger partial charge is 0.120 e. The van der Waals surface area contributed by atoms with E-state index in [9.17, 15) is 0 Å². The van der Waals surface area contributed by atoms with Crippen LogP contribution >= 0.6 is 0 Å². The van der Waals surface area contributed by atoms with Crippen LogP contribution in [0.15, 0.2) is 30.3 Å². The molecule has 0 unspecified atom stereocenters. The minimum atomic E-state index is 0.479.